The second-order valence-corrected chi connectivity index (χ2v) is 5.70. The number of primary amides is 1. The molecule has 4 nitrogen and oxygen atoms in total. The molecule has 1 amide bonds. The van der Waals surface area contributed by atoms with Crippen LogP contribution < -0.4 is 15.8 Å². The van der Waals surface area contributed by atoms with Gasteiger partial charge >= 0.3 is 0 Å². The number of amides is 1. The lowest BCUT2D eigenvalue weighted by Gasteiger charge is -2.13. The Bertz CT molecular complexity index is 694. The molecule has 1 aliphatic rings. The maximum absolute atomic E-state index is 13.5. The van der Waals surface area contributed by atoms with Gasteiger partial charge in [-0.15, -0.1) is 12.4 Å². The van der Waals surface area contributed by atoms with Crippen LogP contribution in [0.1, 0.15) is 30.0 Å². The number of hydrogen-bond acceptors (Lipinski definition) is 3. The molecule has 2 unspecified atom stereocenters. The van der Waals surface area contributed by atoms with Crippen LogP contribution in [0.2, 0.25) is 0 Å². The molecular weight excluding hydrogens is 331 g/mol. The third-order valence-corrected chi connectivity index (χ3v) is 4.12. The van der Waals surface area contributed by atoms with Crippen LogP contribution in [-0.4, -0.2) is 11.9 Å². The highest BCUT2D eigenvalue weighted by Gasteiger charge is 2.28. The van der Waals surface area contributed by atoms with Crippen molar-refractivity contribution in [1.82, 2.24) is 5.32 Å². The summed E-state index contributed by atoms with van der Waals surface area (Å²) >= 11 is 0. The predicted molar refractivity (Wildman–Crippen MR) is 92.5 cm³/mol. The Kier molecular flexibility index (Phi) is 6.17. The Morgan fingerprint density at radius 3 is 2.50 bits per heavy atom. The van der Waals surface area contributed by atoms with Crippen LogP contribution in [0.15, 0.2) is 48.5 Å². The molecule has 2 aromatic rings. The number of halogens is 2. The SMILES string of the molecule is Cl.NC(=O)C1CCC(c2ccc(OCc3ccccc3F)cc2)N1. The van der Waals surface area contributed by atoms with Crippen molar-refractivity contribution in [3.63, 3.8) is 0 Å². The molecule has 128 valence electrons. The number of carbonyl (C=O) groups excluding carboxylic acids is 1. The Morgan fingerprint density at radius 2 is 1.88 bits per heavy atom. The van der Waals surface area contributed by atoms with Crippen molar-refractivity contribution in [3.05, 3.63) is 65.5 Å². The van der Waals surface area contributed by atoms with Crippen LogP contribution in [0.25, 0.3) is 0 Å². The monoisotopic (exact) mass is 350 g/mol. The molecular formula is C18H20ClFN2O2. The lowest BCUT2D eigenvalue weighted by molar-refractivity contribution is -0.119. The number of rotatable bonds is 5. The van der Waals surface area contributed by atoms with E-state index in [1.165, 1.54) is 6.07 Å². The number of carbonyl (C=O) groups is 1. The molecule has 1 heterocycles. The molecule has 2 atom stereocenters. The second kappa shape index (κ2) is 8.13. The van der Waals surface area contributed by atoms with Crippen LogP contribution in [-0.2, 0) is 11.4 Å². The zero-order valence-electron chi connectivity index (χ0n) is 13.1. The van der Waals surface area contributed by atoms with E-state index in [2.05, 4.69) is 5.32 Å². The van der Waals surface area contributed by atoms with Gasteiger partial charge in [0, 0.05) is 11.6 Å². The summed E-state index contributed by atoms with van der Waals surface area (Å²) in [6.07, 6.45) is 1.63. The fourth-order valence-corrected chi connectivity index (χ4v) is 2.80. The fourth-order valence-electron chi connectivity index (χ4n) is 2.80. The first-order chi connectivity index (χ1) is 11.1. The standard InChI is InChI=1S/C18H19FN2O2.ClH/c19-15-4-2-1-3-13(15)11-23-14-7-5-12(6-8-14)16-9-10-17(21-16)18(20)22;/h1-8,16-17,21H,9-11H2,(H2,20,22);1H. The predicted octanol–water partition coefficient (Wildman–Crippen LogP) is 3.10. The number of nitrogens with two attached hydrogens (primary N) is 1. The molecule has 0 radical (unpaired) electrons. The molecule has 0 spiro atoms. The average Bonchev–Trinajstić information content (AvgIpc) is 3.05. The zero-order valence-corrected chi connectivity index (χ0v) is 13.9. The van der Waals surface area contributed by atoms with Crippen LogP contribution in [0.3, 0.4) is 0 Å². The molecule has 1 saturated heterocycles. The molecule has 6 heteroatoms. The van der Waals surface area contributed by atoms with Gasteiger partial charge in [0.1, 0.15) is 18.2 Å². The van der Waals surface area contributed by atoms with E-state index in [0.29, 0.717) is 11.3 Å². The van der Waals surface area contributed by atoms with Crippen LogP contribution in [0, 0.1) is 5.82 Å². The third-order valence-electron chi connectivity index (χ3n) is 4.12. The summed E-state index contributed by atoms with van der Waals surface area (Å²) in [7, 11) is 0. The van der Waals surface area contributed by atoms with Crippen molar-refractivity contribution in [2.75, 3.05) is 0 Å². The van der Waals surface area contributed by atoms with E-state index < -0.39 is 0 Å². The maximum Gasteiger partial charge on any atom is 0.234 e. The summed E-state index contributed by atoms with van der Waals surface area (Å²) in [5.41, 5.74) is 6.93. The number of ether oxygens (including phenoxy) is 1. The van der Waals surface area contributed by atoms with Crippen molar-refractivity contribution in [3.8, 4) is 5.75 Å². The van der Waals surface area contributed by atoms with E-state index in [-0.39, 0.29) is 42.8 Å². The van der Waals surface area contributed by atoms with Gasteiger partial charge in [0.2, 0.25) is 5.91 Å². The van der Waals surface area contributed by atoms with Crippen LogP contribution >= 0.6 is 12.4 Å². The second-order valence-electron chi connectivity index (χ2n) is 5.70. The topological polar surface area (TPSA) is 64.4 Å². The van der Waals surface area contributed by atoms with Gasteiger partial charge in [-0.3, -0.25) is 10.1 Å². The molecule has 3 rings (SSSR count). The maximum atomic E-state index is 13.5. The summed E-state index contributed by atoms with van der Waals surface area (Å²) in [6.45, 7) is 0.192. The van der Waals surface area contributed by atoms with Crippen LogP contribution in [0.5, 0.6) is 5.75 Å². The minimum absolute atomic E-state index is 0. The first-order valence-electron chi connectivity index (χ1n) is 7.65. The molecule has 1 aliphatic heterocycles. The number of benzene rings is 2. The Balaban J connectivity index is 0.00000208. The van der Waals surface area contributed by atoms with Crippen molar-refractivity contribution in [1.29, 1.82) is 0 Å². The van der Waals surface area contributed by atoms with E-state index in [4.69, 9.17) is 10.5 Å². The molecule has 24 heavy (non-hydrogen) atoms. The molecule has 0 saturated carbocycles. The minimum Gasteiger partial charge on any atom is -0.489 e. The van der Waals surface area contributed by atoms with Gasteiger partial charge in [0.15, 0.2) is 0 Å². The van der Waals surface area contributed by atoms with Gasteiger partial charge in [-0.2, -0.15) is 0 Å². The van der Waals surface area contributed by atoms with Crippen molar-refractivity contribution < 1.29 is 13.9 Å². The number of nitrogens with one attached hydrogen (secondary N) is 1. The molecule has 1 fully saturated rings. The molecule has 2 aromatic carbocycles. The Labute approximate surface area is 146 Å². The quantitative estimate of drug-likeness (QED) is 0.870. The Hall–Kier alpha value is -2.11. The molecule has 0 aromatic heterocycles. The molecule has 3 N–H and O–H groups in total. The first-order valence-corrected chi connectivity index (χ1v) is 7.65. The summed E-state index contributed by atoms with van der Waals surface area (Å²) in [4.78, 5) is 11.2. The normalized spacial score (nSPS) is 19.5. The van der Waals surface area contributed by atoms with Gasteiger partial charge in [-0.1, -0.05) is 30.3 Å². The van der Waals surface area contributed by atoms with Gasteiger partial charge in [-0.05, 0) is 36.6 Å². The molecule has 0 aliphatic carbocycles. The Morgan fingerprint density at radius 1 is 1.17 bits per heavy atom. The van der Waals surface area contributed by atoms with E-state index in [9.17, 15) is 9.18 Å². The zero-order chi connectivity index (χ0) is 16.2. The summed E-state index contributed by atoms with van der Waals surface area (Å²) in [6, 6.07) is 14.1. The van der Waals surface area contributed by atoms with Crippen molar-refractivity contribution in [2.45, 2.75) is 31.5 Å². The summed E-state index contributed by atoms with van der Waals surface area (Å²) in [5, 5.41) is 3.23. The lowest BCUT2D eigenvalue weighted by atomic mass is 10.1. The van der Waals surface area contributed by atoms with Gasteiger partial charge < -0.3 is 10.5 Å². The highest BCUT2D eigenvalue weighted by atomic mass is 35.5. The van der Waals surface area contributed by atoms with Crippen molar-refractivity contribution >= 4 is 18.3 Å². The van der Waals surface area contributed by atoms with Gasteiger partial charge in [-0.25, -0.2) is 4.39 Å². The fraction of sp³-hybridized carbons (Fsp3) is 0.278. The number of hydrogen-bond donors (Lipinski definition) is 2. The van der Waals surface area contributed by atoms with E-state index in [1.807, 2.05) is 24.3 Å². The van der Waals surface area contributed by atoms with Gasteiger partial charge in [0.05, 0.1) is 6.04 Å². The third kappa shape index (κ3) is 4.24. The van der Waals surface area contributed by atoms with E-state index in [1.54, 1.807) is 18.2 Å². The van der Waals surface area contributed by atoms with Crippen molar-refractivity contribution in [2.24, 2.45) is 5.73 Å². The minimum atomic E-state index is -0.308. The highest BCUT2D eigenvalue weighted by Crippen LogP contribution is 2.28. The van der Waals surface area contributed by atoms with E-state index >= 15 is 0 Å². The van der Waals surface area contributed by atoms with E-state index in [0.717, 1.165) is 18.4 Å². The van der Waals surface area contributed by atoms with Gasteiger partial charge in [0.25, 0.3) is 0 Å². The lowest BCUT2D eigenvalue weighted by Crippen LogP contribution is -2.37. The van der Waals surface area contributed by atoms with Crippen LogP contribution in [0.4, 0.5) is 4.39 Å². The average molecular weight is 351 g/mol. The smallest absolute Gasteiger partial charge is 0.234 e. The summed E-state index contributed by atoms with van der Waals surface area (Å²) in [5.74, 6) is 0.107. The largest absolute Gasteiger partial charge is 0.489 e. The molecule has 0 bridgehead atoms. The summed E-state index contributed by atoms with van der Waals surface area (Å²) < 4.78 is 19.2. The highest BCUT2D eigenvalue weighted by molar-refractivity contribution is 5.85. The first kappa shape index (κ1) is 18.2.